The first-order valence-corrected chi connectivity index (χ1v) is 4.30. The van der Waals surface area contributed by atoms with Crippen LogP contribution in [0, 0.1) is 3.57 Å². The van der Waals surface area contributed by atoms with Crippen molar-refractivity contribution in [3.63, 3.8) is 0 Å². The van der Waals surface area contributed by atoms with Crippen molar-refractivity contribution in [3.8, 4) is 0 Å². The maximum atomic E-state index is 4.16. The van der Waals surface area contributed by atoms with Gasteiger partial charge < -0.3 is 0 Å². The van der Waals surface area contributed by atoms with Gasteiger partial charge in [0.15, 0.2) is 0 Å². The maximum Gasteiger partial charge on any atom is 0.116 e. The lowest BCUT2D eigenvalue weighted by Crippen LogP contribution is -1.82. The van der Waals surface area contributed by atoms with E-state index in [1.807, 2.05) is 24.4 Å². The smallest absolute Gasteiger partial charge is 0.116 e. The fraction of sp³-hybridized carbons (Fsp3) is 0. The van der Waals surface area contributed by atoms with Crippen molar-refractivity contribution in [2.24, 2.45) is 0 Å². The van der Waals surface area contributed by atoms with Crippen LogP contribution in [0.1, 0.15) is 0 Å². The molecule has 0 fully saturated rings. The molecule has 1 heterocycles. The van der Waals surface area contributed by atoms with Crippen LogP contribution in [0.2, 0.25) is 0 Å². The lowest BCUT2D eigenvalue weighted by molar-refractivity contribution is 1.22. The number of para-hydroxylation sites is 1. The highest BCUT2D eigenvalue weighted by atomic mass is 127. The van der Waals surface area contributed by atoms with Gasteiger partial charge in [0.25, 0.3) is 0 Å². The third-order valence-corrected chi connectivity index (χ3v) is 2.36. The molecule has 0 saturated heterocycles. The highest BCUT2D eigenvalue weighted by Crippen LogP contribution is 2.15. The molecule has 2 nitrogen and oxygen atoms in total. The van der Waals surface area contributed by atoms with Crippen molar-refractivity contribution in [2.45, 2.75) is 0 Å². The summed E-state index contributed by atoms with van der Waals surface area (Å²) in [5.74, 6) is 0. The number of halogens is 1. The molecule has 0 spiro atoms. The van der Waals surface area contributed by atoms with E-state index in [-0.39, 0.29) is 0 Å². The van der Waals surface area contributed by atoms with Crippen molar-refractivity contribution >= 4 is 33.5 Å². The van der Waals surface area contributed by atoms with Gasteiger partial charge in [-0.1, -0.05) is 12.1 Å². The number of rotatable bonds is 0. The molecule has 11 heavy (non-hydrogen) atoms. The fourth-order valence-corrected chi connectivity index (χ4v) is 1.64. The van der Waals surface area contributed by atoms with E-state index >= 15 is 0 Å². The van der Waals surface area contributed by atoms with Crippen molar-refractivity contribution < 1.29 is 0 Å². The molecular formula is C8H5IN2. The molecule has 1 aromatic heterocycles. The van der Waals surface area contributed by atoms with Gasteiger partial charge in [0, 0.05) is 15.2 Å². The second-order valence-corrected chi connectivity index (χ2v) is 3.36. The Bertz CT molecular complexity index is 381. The molecule has 2 rings (SSSR count). The number of hydrogen-bond donors (Lipinski definition) is 0. The Kier molecular flexibility index (Phi) is 1.73. The Morgan fingerprint density at radius 2 is 2.18 bits per heavy atom. The van der Waals surface area contributed by atoms with Crippen LogP contribution in [0.4, 0.5) is 0 Å². The van der Waals surface area contributed by atoms with E-state index in [2.05, 4.69) is 32.6 Å². The molecule has 3 heteroatoms. The predicted octanol–water partition coefficient (Wildman–Crippen LogP) is 2.23. The second kappa shape index (κ2) is 2.73. The lowest BCUT2D eigenvalue weighted by Gasteiger charge is -1.95. The van der Waals surface area contributed by atoms with Gasteiger partial charge in [-0.05, 0) is 28.7 Å². The quantitative estimate of drug-likeness (QED) is 0.675. The first-order valence-electron chi connectivity index (χ1n) is 3.22. The summed E-state index contributed by atoms with van der Waals surface area (Å²) in [7, 11) is 0. The van der Waals surface area contributed by atoms with Gasteiger partial charge in [0.2, 0.25) is 0 Å². The molecule has 0 saturated carbocycles. The first kappa shape index (κ1) is 6.97. The highest BCUT2D eigenvalue weighted by molar-refractivity contribution is 14.1. The van der Waals surface area contributed by atoms with Crippen LogP contribution < -0.4 is 0 Å². The largest absolute Gasteiger partial charge is 0.244 e. The van der Waals surface area contributed by atoms with Crippen molar-refractivity contribution in [3.05, 3.63) is 34.3 Å². The number of benzene rings is 1. The minimum Gasteiger partial charge on any atom is -0.244 e. The van der Waals surface area contributed by atoms with Crippen LogP contribution in [0.15, 0.2) is 30.7 Å². The zero-order chi connectivity index (χ0) is 7.68. The molecule has 0 unspecified atom stereocenters. The van der Waals surface area contributed by atoms with E-state index in [4.69, 9.17) is 0 Å². The average Bonchev–Trinajstić information content (AvgIpc) is 2.06. The maximum absolute atomic E-state index is 4.16. The summed E-state index contributed by atoms with van der Waals surface area (Å²) in [6.45, 7) is 0. The number of aromatic nitrogens is 2. The van der Waals surface area contributed by atoms with Crippen LogP contribution in [-0.4, -0.2) is 9.97 Å². The van der Waals surface area contributed by atoms with Crippen molar-refractivity contribution in [1.82, 2.24) is 9.97 Å². The topological polar surface area (TPSA) is 25.8 Å². The summed E-state index contributed by atoms with van der Waals surface area (Å²) < 4.78 is 1.17. The van der Waals surface area contributed by atoms with E-state index < -0.39 is 0 Å². The molecule has 0 bridgehead atoms. The average molecular weight is 256 g/mol. The molecule has 0 radical (unpaired) electrons. The molecule has 54 valence electrons. The second-order valence-electron chi connectivity index (χ2n) is 2.20. The minimum atomic E-state index is 1.03. The SMILES string of the molecule is Ic1cccc2cncnc12. The summed E-state index contributed by atoms with van der Waals surface area (Å²) in [4.78, 5) is 8.10. The van der Waals surface area contributed by atoms with Gasteiger partial charge >= 0.3 is 0 Å². The molecule has 0 amide bonds. The molecule has 0 aliphatic carbocycles. The summed E-state index contributed by atoms with van der Waals surface area (Å²) in [5.41, 5.74) is 1.03. The van der Waals surface area contributed by atoms with Crippen molar-refractivity contribution in [2.75, 3.05) is 0 Å². The Morgan fingerprint density at radius 3 is 3.00 bits per heavy atom. The fourth-order valence-electron chi connectivity index (χ4n) is 0.977. The molecule has 0 aliphatic heterocycles. The van der Waals surface area contributed by atoms with Gasteiger partial charge in [-0.25, -0.2) is 9.97 Å². The van der Waals surface area contributed by atoms with Gasteiger partial charge in [-0.2, -0.15) is 0 Å². The third-order valence-electron chi connectivity index (χ3n) is 1.49. The highest BCUT2D eigenvalue weighted by Gasteiger charge is 1.95. The molecule has 0 N–H and O–H groups in total. The molecule has 2 aromatic rings. The van der Waals surface area contributed by atoms with Gasteiger partial charge in [-0.15, -0.1) is 0 Å². The number of hydrogen-bond acceptors (Lipinski definition) is 2. The van der Waals surface area contributed by atoms with E-state index in [0.29, 0.717) is 0 Å². The zero-order valence-corrected chi connectivity index (χ0v) is 7.82. The van der Waals surface area contributed by atoms with Crippen LogP contribution in [0.5, 0.6) is 0 Å². The summed E-state index contributed by atoms with van der Waals surface area (Å²) in [5, 5.41) is 1.10. The van der Waals surface area contributed by atoms with Crippen LogP contribution >= 0.6 is 22.6 Å². The molecule has 0 atom stereocenters. The van der Waals surface area contributed by atoms with E-state index in [9.17, 15) is 0 Å². The summed E-state index contributed by atoms with van der Waals surface area (Å²) in [6.07, 6.45) is 3.40. The summed E-state index contributed by atoms with van der Waals surface area (Å²) in [6, 6.07) is 6.06. The number of nitrogens with zero attached hydrogens (tertiary/aromatic N) is 2. The Morgan fingerprint density at radius 1 is 1.27 bits per heavy atom. The van der Waals surface area contributed by atoms with Gasteiger partial charge in [0.05, 0.1) is 5.52 Å². The summed E-state index contributed by atoms with van der Waals surface area (Å²) >= 11 is 2.27. The van der Waals surface area contributed by atoms with Crippen LogP contribution in [0.25, 0.3) is 10.9 Å². The molecular weight excluding hydrogens is 251 g/mol. The predicted molar refractivity (Wildman–Crippen MR) is 52.3 cm³/mol. The normalized spacial score (nSPS) is 10.3. The van der Waals surface area contributed by atoms with E-state index in [0.717, 1.165) is 10.9 Å². The van der Waals surface area contributed by atoms with Crippen LogP contribution in [-0.2, 0) is 0 Å². The standard InChI is InChI=1S/C8H5IN2/c9-7-3-1-2-6-4-10-5-11-8(6)7/h1-5H. The lowest BCUT2D eigenvalue weighted by atomic mass is 10.2. The number of fused-ring (bicyclic) bond motifs is 1. The first-order chi connectivity index (χ1) is 5.38. The van der Waals surface area contributed by atoms with Gasteiger partial charge in [-0.3, -0.25) is 0 Å². The Hall–Kier alpha value is -0.710. The zero-order valence-electron chi connectivity index (χ0n) is 5.66. The molecule has 1 aromatic carbocycles. The van der Waals surface area contributed by atoms with Crippen molar-refractivity contribution in [1.29, 1.82) is 0 Å². The van der Waals surface area contributed by atoms with E-state index in [1.165, 1.54) is 3.57 Å². The van der Waals surface area contributed by atoms with Crippen LogP contribution in [0.3, 0.4) is 0 Å². The van der Waals surface area contributed by atoms with E-state index in [1.54, 1.807) is 6.33 Å². The monoisotopic (exact) mass is 256 g/mol. The Labute approximate surface area is 77.8 Å². The minimum absolute atomic E-state index is 1.03. The Balaban J connectivity index is 2.91. The molecule has 0 aliphatic rings. The third kappa shape index (κ3) is 1.20. The van der Waals surface area contributed by atoms with Gasteiger partial charge in [0.1, 0.15) is 6.33 Å².